The normalized spacial score (nSPS) is 18.5. The first kappa shape index (κ1) is 13.0. The Balaban J connectivity index is 1.95. The van der Waals surface area contributed by atoms with E-state index < -0.39 is 0 Å². The molecule has 19 heavy (non-hydrogen) atoms. The van der Waals surface area contributed by atoms with Crippen LogP contribution in [0.4, 0.5) is 0 Å². The summed E-state index contributed by atoms with van der Waals surface area (Å²) in [6.07, 6.45) is 0.961. The Kier molecular flexibility index (Phi) is 4.12. The highest BCUT2D eigenvalue weighted by atomic mass is 35.7. The third-order valence-corrected chi connectivity index (χ3v) is 6.33. The maximum Gasteiger partial charge on any atom is 0.00922 e. The third-order valence-electron chi connectivity index (χ3n) is 2.98. The number of allylic oxidation sites excluding steroid dienone is 2. The largest absolute Gasteiger partial charge is 0.0622 e. The molecule has 1 aliphatic rings. The van der Waals surface area contributed by atoms with E-state index in [0.29, 0.717) is 0 Å². The van der Waals surface area contributed by atoms with E-state index in [1.54, 1.807) is 10.8 Å². The summed E-state index contributed by atoms with van der Waals surface area (Å²) in [5.41, 5.74) is 3.90. The van der Waals surface area contributed by atoms with E-state index in [0.717, 1.165) is 6.42 Å². The van der Waals surface area contributed by atoms with Gasteiger partial charge in [0.2, 0.25) is 0 Å². The summed E-state index contributed by atoms with van der Waals surface area (Å²) in [4.78, 5) is 1.37. The van der Waals surface area contributed by atoms with Crippen LogP contribution in [0.25, 0.3) is 5.57 Å². The highest BCUT2D eigenvalue weighted by Gasteiger charge is 2.16. The molecule has 3 heteroatoms. The van der Waals surface area contributed by atoms with Crippen LogP contribution in [-0.2, 0) is 6.42 Å². The summed E-state index contributed by atoms with van der Waals surface area (Å²) in [6, 6.07) is 21.1. The van der Waals surface area contributed by atoms with Crippen LogP contribution in [0.5, 0.6) is 0 Å². The molecule has 2 aromatic rings. The van der Waals surface area contributed by atoms with Crippen LogP contribution in [0.15, 0.2) is 65.6 Å². The second kappa shape index (κ2) is 6.00. The predicted octanol–water partition coefficient (Wildman–Crippen LogP) is 5.53. The Morgan fingerprint density at radius 1 is 0.895 bits per heavy atom. The molecule has 0 spiro atoms. The van der Waals surface area contributed by atoms with Gasteiger partial charge in [0.1, 0.15) is 0 Å². The SMILES string of the molecule is ClS1=CC(c2ccccc2)=C(Cc2ccccc2)S1. The maximum absolute atomic E-state index is 6.31. The van der Waals surface area contributed by atoms with Crippen LogP contribution in [0.3, 0.4) is 0 Å². The summed E-state index contributed by atoms with van der Waals surface area (Å²) in [5.74, 6) is 0. The summed E-state index contributed by atoms with van der Waals surface area (Å²) in [5, 5.41) is 2.18. The summed E-state index contributed by atoms with van der Waals surface area (Å²) >= 11 is 0. The zero-order chi connectivity index (χ0) is 13.1. The predicted molar refractivity (Wildman–Crippen MR) is 90.6 cm³/mol. The first-order valence-electron chi connectivity index (χ1n) is 6.08. The molecule has 0 amide bonds. The van der Waals surface area contributed by atoms with Crippen LogP contribution in [-0.4, -0.2) is 5.37 Å². The van der Waals surface area contributed by atoms with Gasteiger partial charge in [-0.3, -0.25) is 0 Å². The summed E-state index contributed by atoms with van der Waals surface area (Å²) in [7, 11) is 7.87. The van der Waals surface area contributed by atoms with E-state index in [1.165, 1.54) is 21.6 Å². The minimum atomic E-state index is -0.217. The molecule has 0 radical (unpaired) electrons. The van der Waals surface area contributed by atoms with Crippen LogP contribution in [0.1, 0.15) is 11.1 Å². The molecular formula is C16H13ClS2. The van der Waals surface area contributed by atoms with Gasteiger partial charge in [-0.2, -0.15) is 0 Å². The fraction of sp³-hybridized carbons (Fsp3) is 0.0625. The van der Waals surface area contributed by atoms with Gasteiger partial charge in [0.15, 0.2) is 0 Å². The van der Waals surface area contributed by atoms with E-state index in [4.69, 9.17) is 10.7 Å². The van der Waals surface area contributed by atoms with Crippen molar-refractivity contribution in [2.45, 2.75) is 6.42 Å². The van der Waals surface area contributed by atoms with Crippen LogP contribution in [0.2, 0.25) is 0 Å². The molecule has 1 unspecified atom stereocenters. The molecular weight excluding hydrogens is 292 g/mol. The molecule has 0 saturated heterocycles. The van der Waals surface area contributed by atoms with Crippen molar-refractivity contribution in [3.63, 3.8) is 0 Å². The summed E-state index contributed by atoms with van der Waals surface area (Å²) < 4.78 is 0. The zero-order valence-corrected chi connectivity index (χ0v) is 12.6. The second-order valence-electron chi connectivity index (χ2n) is 4.31. The zero-order valence-electron chi connectivity index (χ0n) is 10.3. The van der Waals surface area contributed by atoms with E-state index in [9.17, 15) is 0 Å². The van der Waals surface area contributed by atoms with Crippen molar-refractivity contribution in [3.8, 4) is 0 Å². The van der Waals surface area contributed by atoms with E-state index in [1.807, 2.05) is 6.07 Å². The van der Waals surface area contributed by atoms with Gasteiger partial charge in [0.05, 0.1) is 0 Å². The molecule has 0 bridgehead atoms. The third kappa shape index (κ3) is 3.14. The van der Waals surface area contributed by atoms with Crippen molar-refractivity contribution in [2.24, 2.45) is 0 Å². The summed E-state index contributed by atoms with van der Waals surface area (Å²) in [6.45, 7) is 0. The van der Waals surface area contributed by atoms with Gasteiger partial charge in [-0.05, 0) is 41.5 Å². The minimum absolute atomic E-state index is 0.217. The minimum Gasteiger partial charge on any atom is -0.0622 e. The average Bonchev–Trinajstić information content (AvgIpc) is 2.82. The van der Waals surface area contributed by atoms with Gasteiger partial charge < -0.3 is 0 Å². The molecule has 96 valence electrons. The highest BCUT2D eigenvalue weighted by molar-refractivity contribution is 8.93. The van der Waals surface area contributed by atoms with E-state index in [2.05, 4.69) is 60.0 Å². The van der Waals surface area contributed by atoms with Gasteiger partial charge in [0.25, 0.3) is 0 Å². The first-order chi connectivity index (χ1) is 9.33. The molecule has 1 aliphatic heterocycles. The molecule has 1 atom stereocenters. The van der Waals surface area contributed by atoms with Gasteiger partial charge in [-0.15, -0.1) is 0 Å². The van der Waals surface area contributed by atoms with Gasteiger partial charge in [0, 0.05) is 11.3 Å². The monoisotopic (exact) mass is 304 g/mol. The molecule has 0 nitrogen and oxygen atoms in total. The lowest BCUT2D eigenvalue weighted by atomic mass is 10.0. The molecule has 3 rings (SSSR count). The smallest absolute Gasteiger partial charge is 0.00922 e. The number of benzene rings is 2. The topological polar surface area (TPSA) is 0 Å². The van der Waals surface area contributed by atoms with E-state index in [-0.39, 0.29) is 8.73 Å². The van der Waals surface area contributed by atoms with Crippen molar-refractivity contribution < 1.29 is 0 Å². The Morgan fingerprint density at radius 2 is 1.53 bits per heavy atom. The number of hydrogen-bond donors (Lipinski definition) is 0. The fourth-order valence-electron chi connectivity index (χ4n) is 2.08. The van der Waals surface area contributed by atoms with Crippen molar-refractivity contribution in [2.75, 3.05) is 0 Å². The molecule has 1 heterocycles. The van der Waals surface area contributed by atoms with Crippen molar-refractivity contribution >= 4 is 41.1 Å². The maximum atomic E-state index is 6.31. The Hall–Kier alpha value is -0.960. The molecule has 0 saturated carbocycles. The van der Waals surface area contributed by atoms with Crippen molar-refractivity contribution in [1.29, 1.82) is 0 Å². The Labute approximate surface area is 124 Å². The first-order valence-corrected chi connectivity index (χ1v) is 9.53. The number of rotatable bonds is 3. The number of hydrogen-bond acceptors (Lipinski definition) is 1. The lowest BCUT2D eigenvalue weighted by molar-refractivity contribution is 1.26. The Bertz CT molecular complexity index is 630. The number of halogens is 1. The second-order valence-corrected chi connectivity index (χ2v) is 8.83. The quantitative estimate of drug-likeness (QED) is 0.531. The van der Waals surface area contributed by atoms with Gasteiger partial charge >= 0.3 is 0 Å². The van der Waals surface area contributed by atoms with Gasteiger partial charge in [-0.25, -0.2) is 0 Å². The molecule has 0 N–H and O–H groups in total. The molecule has 0 fully saturated rings. The van der Waals surface area contributed by atoms with Crippen molar-refractivity contribution in [3.05, 3.63) is 76.7 Å². The Morgan fingerprint density at radius 3 is 2.21 bits per heavy atom. The van der Waals surface area contributed by atoms with E-state index >= 15 is 0 Å². The average molecular weight is 305 g/mol. The molecule has 2 aromatic carbocycles. The van der Waals surface area contributed by atoms with Crippen LogP contribution >= 0.6 is 30.2 Å². The molecule has 0 aliphatic carbocycles. The van der Waals surface area contributed by atoms with Crippen LogP contribution in [0, 0.1) is 0 Å². The highest BCUT2D eigenvalue weighted by Crippen LogP contribution is 2.50. The lowest BCUT2D eigenvalue weighted by Crippen LogP contribution is -1.90. The van der Waals surface area contributed by atoms with Crippen molar-refractivity contribution in [1.82, 2.24) is 0 Å². The standard InChI is InChI=1S/C16H13ClS2/c17-19-12-15(14-9-5-2-6-10-14)16(18-19)11-13-7-3-1-4-8-13/h1-10,12H,11H2. The van der Waals surface area contributed by atoms with Crippen LogP contribution < -0.4 is 0 Å². The molecule has 0 aromatic heterocycles. The fourth-order valence-corrected chi connectivity index (χ4v) is 5.75. The lowest BCUT2D eigenvalue weighted by Gasteiger charge is -2.06. The van der Waals surface area contributed by atoms with Gasteiger partial charge in [-0.1, -0.05) is 71.5 Å².